The van der Waals surface area contributed by atoms with E-state index >= 15 is 0 Å². The molecule has 100 valence electrons. The number of hydrogen-bond acceptors (Lipinski definition) is 3. The van der Waals surface area contributed by atoms with Gasteiger partial charge in [-0.3, -0.25) is 4.79 Å². The van der Waals surface area contributed by atoms with Gasteiger partial charge in [0.2, 0.25) is 0 Å². The van der Waals surface area contributed by atoms with Gasteiger partial charge in [0.1, 0.15) is 12.4 Å². The topological polar surface area (TPSA) is 58.6 Å². The molecule has 0 saturated heterocycles. The Morgan fingerprint density at radius 1 is 1.50 bits per heavy atom. The second-order valence-electron chi connectivity index (χ2n) is 3.54. The van der Waals surface area contributed by atoms with Gasteiger partial charge < -0.3 is 15.2 Å². The zero-order chi connectivity index (χ0) is 13.6. The average Bonchev–Trinajstić information content (AvgIpc) is 2.34. The number of ether oxygens (including phenoxy) is 1. The molecule has 0 saturated carbocycles. The smallest absolute Gasteiger partial charge is 0.287 e. The minimum atomic E-state index is -3.33. The van der Waals surface area contributed by atoms with Gasteiger partial charge in [0.05, 0.1) is 6.54 Å². The second kappa shape index (κ2) is 6.51. The Kier molecular flexibility index (Phi) is 5.30. The summed E-state index contributed by atoms with van der Waals surface area (Å²) in [6.45, 7) is -2.65. The highest BCUT2D eigenvalue weighted by atomic mass is 35.5. The molecule has 0 aliphatic heterocycles. The van der Waals surface area contributed by atoms with Crippen LogP contribution in [0.5, 0.6) is 5.75 Å². The number of carbonyl (C=O) groups excluding carboxylic acids is 1. The molecule has 0 aliphatic rings. The molecule has 0 spiro atoms. The number of alkyl halides is 2. The van der Waals surface area contributed by atoms with Crippen molar-refractivity contribution in [2.75, 3.05) is 19.8 Å². The standard InChI is InChI=1S/C11H12ClF2NO3/c12-8-2-1-3-9(4-8)18-5-10(17)15-6-11(13,14)7-16/h1-4,16H,5-7H2,(H,15,17). The van der Waals surface area contributed by atoms with E-state index in [9.17, 15) is 13.6 Å². The van der Waals surface area contributed by atoms with Crippen molar-refractivity contribution in [2.24, 2.45) is 0 Å². The molecular weight excluding hydrogens is 268 g/mol. The van der Waals surface area contributed by atoms with E-state index in [2.05, 4.69) is 0 Å². The van der Waals surface area contributed by atoms with Crippen LogP contribution in [0.15, 0.2) is 24.3 Å². The molecule has 0 aromatic heterocycles. The maximum atomic E-state index is 12.6. The van der Waals surface area contributed by atoms with Crippen LogP contribution in [0.1, 0.15) is 0 Å². The minimum absolute atomic E-state index is 0.367. The van der Waals surface area contributed by atoms with E-state index in [0.717, 1.165) is 0 Å². The van der Waals surface area contributed by atoms with Crippen molar-refractivity contribution in [3.05, 3.63) is 29.3 Å². The molecule has 0 atom stereocenters. The highest BCUT2D eigenvalue weighted by molar-refractivity contribution is 6.30. The molecule has 18 heavy (non-hydrogen) atoms. The molecule has 0 unspecified atom stereocenters. The van der Waals surface area contributed by atoms with Crippen molar-refractivity contribution < 1.29 is 23.4 Å². The maximum absolute atomic E-state index is 12.6. The number of hydrogen-bond donors (Lipinski definition) is 2. The van der Waals surface area contributed by atoms with E-state index in [1.807, 2.05) is 5.32 Å². The molecule has 1 amide bonds. The molecule has 2 N–H and O–H groups in total. The van der Waals surface area contributed by atoms with Gasteiger partial charge in [-0.25, -0.2) is 8.78 Å². The average molecular weight is 280 g/mol. The molecule has 0 aliphatic carbocycles. The number of rotatable bonds is 6. The van der Waals surface area contributed by atoms with Crippen LogP contribution in [-0.4, -0.2) is 36.7 Å². The van der Waals surface area contributed by atoms with E-state index in [4.69, 9.17) is 21.4 Å². The molecule has 0 fully saturated rings. The lowest BCUT2D eigenvalue weighted by molar-refractivity contribution is -0.126. The first-order chi connectivity index (χ1) is 8.43. The number of aliphatic hydroxyl groups excluding tert-OH is 1. The summed E-state index contributed by atoms with van der Waals surface area (Å²) in [5.41, 5.74) is 0. The molecule has 7 heteroatoms. The van der Waals surface area contributed by atoms with Gasteiger partial charge in [-0.1, -0.05) is 17.7 Å². The van der Waals surface area contributed by atoms with Crippen LogP contribution in [0, 0.1) is 0 Å². The number of halogens is 3. The van der Waals surface area contributed by atoms with Crippen LogP contribution in [-0.2, 0) is 4.79 Å². The Hall–Kier alpha value is -1.40. The number of amides is 1. The lowest BCUT2D eigenvalue weighted by Gasteiger charge is -2.14. The van der Waals surface area contributed by atoms with Gasteiger partial charge in [-0.05, 0) is 18.2 Å². The third kappa shape index (κ3) is 5.29. The summed E-state index contributed by atoms with van der Waals surface area (Å²) in [4.78, 5) is 11.2. The van der Waals surface area contributed by atoms with Gasteiger partial charge in [-0.2, -0.15) is 0 Å². The molecule has 1 aromatic rings. The molecule has 1 rings (SSSR count). The molecular formula is C11H12ClF2NO3. The van der Waals surface area contributed by atoms with Crippen molar-refractivity contribution in [3.63, 3.8) is 0 Å². The van der Waals surface area contributed by atoms with Crippen LogP contribution in [0.2, 0.25) is 5.02 Å². The van der Waals surface area contributed by atoms with Gasteiger partial charge in [0.25, 0.3) is 11.8 Å². The number of aliphatic hydroxyl groups is 1. The first-order valence-corrected chi connectivity index (χ1v) is 5.44. The van der Waals surface area contributed by atoms with Crippen LogP contribution in [0.25, 0.3) is 0 Å². The largest absolute Gasteiger partial charge is 0.484 e. The van der Waals surface area contributed by atoms with Crippen molar-refractivity contribution in [1.29, 1.82) is 0 Å². The van der Waals surface area contributed by atoms with Crippen molar-refractivity contribution in [1.82, 2.24) is 5.32 Å². The molecule has 0 heterocycles. The second-order valence-corrected chi connectivity index (χ2v) is 3.97. The number of benzene rings is 1. The molecule has 1 aromatic carbocycles. The van der Waals surface area contributed by atoms with Gasteiger partial charge in [-0.15, -0.1) is 0 Å². The number of carbonyl (C=O) groups is 1. The Morgan fingerprint density at radius 3 is 2.83 bits per heavy atom. The van der Waals surface area contributed by atoms with E-state index < -0.39 is 31.6 Å². The number of nitrogens with one attached hydrogen (secondary N) is 1. The summed E-state index contributed by atoms with van der Waals surface area (Å²) in [7, 11) is 0. The fourth-order valence-electron chi connectivity index (χ4n) is 1.04. The highest BCUT2D eigenvalue weighted by Gasteiger charge is 2.28. The SMILES string of the molecule is O=C(COc1cccc(Cl)c1)NCC(F)(F)CO. The lowest BCUT2D eigenvalue weighted by Crippen LogP contribution is -2.40. The van der Waals surface area contributed by atoms with Gasteiger partial charge in [0.15, 0.2) is 6.61 Å². The zero-order valence-electron chi connectivity index (χ0n) is 9.33. The Bertz CT molecular complexity index is 415. The van der Waals surface area contributed by atoms with Gasteiger partial charge >= 0.3 is 0 Å². The van der Waals surface area contributed by atoms with Crippen LogP contribution in [0.4, 0.5) is 8.78 Å². The lowest BCUT2D eigenvalue weighted by atomic mass is 10.3. The van der Waals surface area contributed by atoms with Crippen molar-refractivity contribution in [3.8, 4) is 5.75 Å². The normalized spacial score (nSPS) is 11.1. The third-order valence-electron chi connectivity index (χ3n) is 1.94. The van der Waals surface area contributed by atoms with Crippen molar-refractivity contribution in [2.45, 2.75) is 5.92 Å². The predicted octanol–water partition coefficient (Wildman–Crippen LogP) is 1.46. The van der Waals surface area contributed by atoms with Crippen LogP contribution >= 0.6 is 11.6 Å². The summed E-state index contributed by atoms with van der Waals surface area (Å²) in [5, 5.41) is 10.7. The van der Waals surface area contributed by atoms with Gasteiger partial charge in [0, 0.05) is 5.02 Å². The molecule has 4 nitrogen and oxygen atoms in total. The van der Waals surface area contributed by atoms with E-state index in [0.29, 0.717) is 10.8 Å². The molecule has 0 bridgehead atoms. The Morgan fingerprint density at radius 2 is 2.22 bits per heavy atom. The van der Waals surface area contributed by atoms with E-state index in [1.54, 1.807) is 18.2 Å². The third-order valence-corrected chi connectivity index (χ3v) is 2.18. The summed E-state index contributed by atoms with van der Waals surface area (Å²) in [6, 6.07) is 6.35. The van der Waals surface area contributed by atoms with Crippen LogP contribution < -0.4 is 10.1 Å². The monoisotopic (exact) mass is 279 g/mol. The van der Waals surface area contributed by atoms with Crippen molar-refractivity contribution >= 4 is 17.5 Å². The Labute approximate surface area is 108 Å². The fourth-order valence-corrected chi connectivity index (χ4v) is 1.22. The summed E-state index contributed by atoms with van der Waals surface area (Å²) in [5.74, 6) is -3.67. The van der Waals surface area contributed by atoms with E-state index in [-0.39, 0.29) is 0 Å². The minimum Gasteiger partial charge on any atom is -0.484 e. The first kappa shape index (κ1) is 14.7. The summed E-state index contributed by atoms with van der Waals surface area (Å²) < 4.78 is 30.3. The fraction of sp³-hybridized carbons (Fsp3) is 0.364. The van der Waals surface area contributed by atoms with E-state index in [1.165, 1.54) is 6.07 Å². The van der Waals surface area contributed by atoms with Crippen LogP contribution in [0.3, 0.4) is 0 Å². The Balaban J connectivity index is 2.34. The maximum Gasteiger partial charge on any atom is 0.287 e. The summed E-state index contributed by atoms with van der Waals surface area (Å²) >= 11 is 5.69. The molecule has 0 radical (unpaired) electrons. The predicted molar refractivity (Wildman–Crippen MR) is 62.0 cm³/mol. The zero-order valence-corrected chi connectivity index (χ0v) is 10.1. The quantitative estimate of drug-likeness (QED) is 0.829. The summed E-state index contributed by atoms with van der Waals surface area (Å²) in [6.07, 6.45) is 0. The first-order valence-electron chi connectivity index (χ1n) is 5.07. The highest BCUT2D eigenvalue weighted by Crippen LogP contribution is 2.16.